The topological polar surface area (TPSA) is 67.9 Å². The molecule has 0 aromatic heterocycles. The Hall–Kier alpha value is -2.86. The third-order valence-corrected chi connectivity index (χ3v) is 5.10. The van der Waals surface area contributed by atoms with Gasteiger partial charge in [-0.2, -0.15) is 0 Å². The van der Waals surface area contributed by atoms with Crippen LogP contribution < -0.4 is 10.1 Å². The van der Waals surface area contributed by atoms with Crippen molar-refractivity contribution in [1.29, 1.82) is 0 Å². The minimum Gasteiger partial charge on any atom is -0.497 e. The van der Waals surface area contributed by atoms with Crippen LogP contribution in [0.2, 0.25) is 0 Å². The molecule has 1 saturated heterocycles. The maximum absolute atomic E-state index is 12.9. The van der Waals surface area contributed by atoms with Crippen molar-refractivity contribution in [3.8, 4) is 5.75 Å². The van der Waals surface area contributed by atoms with Crippen LogP contribution in [0.25, 0.3) is 0 Å². The quantitative estimate of drug-likeness (QED) is 0.828. The third-order valence-electron chi connectivity index (χ3n) is 5.10. The van der Waals surface area contributed by atoms with Crippen LogP contribution >= 0.6 is 0 Å². The van der Waals surface area contributed by atoms with E-state index in [2.05, 4.69) is 5.32 Å². The van der Waals surface area contributed by atoms with Crippen LogP contribution in [-0.2, 0) is 9.53 Å². The number of ether oxygens (including phenoxy) is 2. The standard InChI is InChI=1S/C22H26N2O4/c1-15(16-9-11-19(27-3)12-10-16)24(2)22(26)17-6-4-7-18(14-17)23-21(25)20-8-5-13-28-20/h4,6-7,9-12,14-15,20H,5,8,13H2,1-3H3,(H,23,25). The minimum absolute atomic E-state index is 0.108. The molecule has 6 nitrogen and oxygen atoms in total. The number of carbonyl (C=O) groups is 2. The first-order valence-electron chi connectivity index (χ1n) is 9.43. The second kappa shape index (κ2) is 8.89. The number of hydrogen-bond donors (Lipinski definition) is 1. The fraction of sp³-hybridized carbons (Fsp3) is 0.364. The van der Waals surface area contributed by atoms with Crippen molar-refractivity contribution in [2.45, 2.75) is 31.9 Å². The number of rotatable bonds is 6. The number of nitrogens with zero attached hydrogens (tertiary/aromatic N) is 1. The summed E-state index contributed by atoms with van der Waals surface area (Å²) in [6.45, 7) is 2.59. The first kappa shape index (κ1) is 19.9. The first-order chi connectivity index (χ1) is 13.5. The summed E-state index contributed by atoms with van der Waals surface area (Å²) >= 11 is 0. The Morgan fingerprint density at radius 3 is 2.61 bits per heavy atom. The van der Waals surface area contributed by atoms with E-state index in [1.54, 1.807) is 43.3 Å². The molecule has 1 N–H and O–H groups in total. The zero-order valence-electron chi connectivity index (χ0n) is 16.5. The molecule has 28 heavy (non-hydrogen) atoms. The van der Waals surface area contributed by atoms with Gasteiger partial charge in [0.1, 0.15) is 11.9 Å². The van der Waals surface area contributed by atoms with Crippen LogP contribution in [0.15, 0.2) is 48.5 Å². The van der Waals surface area contributed by atoms with Crippen molar-refractivity contribution in [3.05, 3.63) is 59.7 Å². The molecule has 1 fully saturated rings. The molecule has 2 unspecified atom stereocenters. The van der Waals surface area contributed by atoms with Gasteiger partial charge in [-0.25, -0.2) is 0 Å². The lowest BCUT2D eigenvalue weighted by molar-refractivity contribution is -0.124. The maximum atomic E-state index is 12.9. The molecule has 0 spiro atoms. The normalized spacial score (nSPS) is 17.0. The molecule has 2 aromatic carbocycles. The van der Waals surface area contributed by atoms with Crippen molar-refractivity contribution in [3.63, 3.8) is 0 Å². The summed E-state index contributed by atoms with van der Waals surface area (Å²) in [6, 6.07) is 14.5. The number of hydrogen-bond acceptors (Lipinski definition) is 4. The largest absolute Gasteiger partial charge is 0.497 e. The lowest BCUT2D eigenvalue weighted by atomic mass is 10.1. The summed E-state index contributed by atoms with van der Waals surface area (Å²) in [5.74, 6) is 0.498. The Labute approximate surface area is 165 Å². The predicted octanol–water partition coefficient (Wildman–Crippen LogP) is 3.65. The molecule has 0 aliphatic carbocycles. The van der Waals surface area contributed by atoms with E-state index in [1.807, 2.05) is 31.2 Å². The molecule has 2 aromatic rings. The van der Waals surface area contributed by atoms with E-state index in [4.69, 9.17) is 9.47 Å². The highest BCUT2D eigenvalue weighted by Crippen LogP contribution is 2.24. The molecule has 2 atom stereocenters. The summed E-state index contributed by atoms with van der Waals surface area (Å²) in [4.78, 5) is 26.9. The summed E-state index contributed by atoms with van der Waals surface area (Å²) in [6.07, 6.45) is 1.22. The number of carbonyl (C=O) groups excluding carboxylic acids is 2. The second-order valence-corrected chi connectivity index (χ2v) is 6.94. The van der Waals surface area contributed by atoms with E-state index in [9.17, 15) is 9.59 Å². The highest BCUT2D eigenvalue weighted by Gasteiger charge is 2.24. The Kier molecular flexibility index (Phi) is 6.31. The van der Waals surface area contributed by atoms with Gasteiger partial charge in [0.15, 0.2) is 0 Å². The summed E-state index contributed by atoms with van der Waals surface area (Å²) in [7, 11) is 3.40. The van der Waals surface area contributed by atoms with Crippen molar-refractivity contribution >= 4 is 17.5 Å². The Morgan fingerprint density at radius 2 is 1.96 bits per heavy atom. The Morgan fingerprint density at radius 1 is 1.21 bits per heavy atom. The SMILES string of the molecule is COc1ccc(C(C)N(C)C(=O)c2cccc(NC(=O)C3CCCO3)c2)cc1. The van der Waals surface area contributed by atoms with E-state index in [-0.39, 0.29) is 17.9 Å². The van der Waals surface area contributed by atoms with Gasteiger partial charge in [-0.3, -0.25) is 9.59 Å². The smallest absolute Gasteiger partial charge is 0.254 e. The Balaban J connectivity index is 1.69. The molecule has 0 bridgehead atoms. The van der Waals surface area contributed by atoms with Gasteiger partial charge >= 0.3 is 0 Å². The second-order valence-electron chi connectivity index (χ2n) is 6.94. The predicted molar refractivity (Wildman–Crippen MR) is 108 cm³/mol. The van der Waals surface area contributed by atoms with Crippen LogP contribution in [0.3, 0.4) is 0 Å². The zero-order chi connectivity index (χ0) is 20.1. The van der Waals surface area contributed by atoms with E-state index in [1.165, 1.54) is 0 Å². The highest BCUT2D eigenvalue weighted by molar-refractivity contribution is 5.98. The fourth-order valence-corrected chi connectivity index (χ4v) is 3.22. The van der Waals surface area contributed by atoms with Crippen LogP contribution in [0.1, 0.15) is 41.7 Å². The van der Waals surface area contributed by atoms with Crippen molar-refractivity contribution in [2.75, 3.05) is 26.1 Å². The number of benzene rings is 2. The molecule has 1 heterocycles. The average Bonchev–Trinajstić information content (AvgIpc) is 3.27. The summed E-state index contributed by atoms with van der Waals surface area (Å²) in [5.41, 5.74) is 2.13. The molecule has 6 heteroatoms. The van der Waals surface area contributed by atoms with Crippen LogP contribution in [0.4, 0.5) is 5.69 Å². The molecular formula is C22H26N2O4. The van der Waals surface area contributed by atoms with Crippen molar-refractivity contribution in [2.24, 2.45) is 0 Å². The highest BCUT2D eigenvalue weighted by atomic mass is 16.5. The lowest BCUT2D eigenvalue weighted by Gasteiger charge is -2.26. The van der Waals surface area contributed by atoms with E-state index >= 15 is 0 Å². The van der Waals surface area contributed by atoms with Gasteiger partial charge in [0.2, 0.25) is 0 Å². The first-order valence-corrected chi connectivity index (χ1v) is 9.43. The molecule has 1 aliphatic rings. The number of anilines is 1. The van der Waals surface area contributed by atoms with Crippen molar-refractivity contribution in [1.82, 2.24) is 4.90 Å². The molecule has 2 amide bonds. The van der Waals surface area contributed by atoms with Gasteiger partial charge < -0.3 is 19.7 Å². The molecule has 0 saturated carbocycles. The minimum atomic E-state index is -0.405. The fourth-order valence-electron chi connectivity index (χ4n) is 3.22. The van der Waals surface area contributed by atoms with Crippen LogP contribution in [0, 0.1) is 0 Å². The lowest BCUT2D eigenvalue weighted by Crippen LogP contribution is -2.30. The third kappa shape index (κ3) is 4.51. The van der Waals surface area contributed by atoms with Gasteiger partial charge in [0.05, 0.1) is 13.2 Å². The molecule has 148 valence electrons. The van der Waals surface area contributed by atoms with E-state index in [0.29, 0.717) is 17.9 Å². The Bertz CT molecular complexity index is 829. The molecule has 3 rings (SSSR count). The maximum Gasteiger partial charge on any atom is 0.254 e. The van der Waals surface area contributed by atoms with Gasteiger partial charge in [-0.05, 0) is 55.7 Å². The average molecular weight is 382 g/mol. The van der Waals surface area contributed by atoms with E-state index in [0.717, 1.165) is 24.2 Å². The monoisotopic (exact) mass is 382 g/mol. The summed E-state index contributed by atoms with van der Waals surface area (Å²) in [5, 5.41) is 2.84. The van der Waals surface area contributed by atoms with Crippen LogP contribution in [-0.4, -0.2) is 43.6 Å². The zero-order valence-corrected chi connectivity index (χ0v) is 16.5. The van der Waals surface area contributed by atoms with Gasteiger partial charge in [0, 0.05) is 24.9 Å². The van der Waals surface area contributed by atoms with Gasteiger partial charge in [0.25, 0.3) is 11.8 Å². The van der Waals surface area contributed by atoms with Gasteiger partial charge in [-0.1, -0.05) is 18.2 Å². The van der Waals surface area contributed by atoms with Crippen molar-refractivity contribution < 1.29 is 19.1 Å². The molecular weight excluding hydrogens is 356 g/mol. The molecule has 1 aliphatic heterocycles. The van der Waals surface area contributed by atoms with Crippen LogP contribution in [0.5, 0.6) is 5.75 Å². The number of nitrogens with one attached hydrogen (secondary N) is 1. The molecule has 0 radical (unpaired) electrons. The summed E-state index contributed by atoms with van der Waals surface area (Å²) < 4.78 is 10.6. The van der Waals surface area contributed by atoms with Gasteiger partial charge in [-0.15, -0.1) is 0 Å². The number of amides is 2. The number of methoxy groups -OCH3 is 1. The van der Waals surface area contributed by atoms with E-state index < -0.39 is 6.10 Å².